The first-order valence-electron chi connectivity index (χ1n) is 10.5. The number of nitrogens with two attached hydrogens (primary N) is 1. The molecule has 0 saturated heterocycles. The summed E-state index contributed by atoms with van der Waals surface area (Å²) in [4.78, 5) is 32.0. The molecule has 1 amide bonds. The fraction of sp³-hybridized carbons (Fsp3) is 0.0800. The number of carbonyl (C=O) groups excluding carboxylic acids is 1. The number of benzene rings is 2. The van der Waals surface area contributed by atoms with Gasteiger partial charge in [-0.15, -0.1) is 11.3 Å². The van der Waals surface area contributed by atoms with Gasteiger partial charge >= 0.3 is 0 Å². The summed E-state index contributed by atoms with van der Waals surface area (Å²) in [6, 6.07) is 20.3. The van der Waals surface area contributed by atoms with Gasteiger partial charge in [0.05, 0.1) is 22.8 Å². The summed E-state index contributed by atoms with van der Waals surface area (Å²) in [5.41, 5.74) is 9.54. The second kappa shape index (κ2) is 8.48. The zero-order chi connectivity index (χ0) is 24.0. The van der Waals surface area contributed by atoms with E-state index in [2.05, 4.69) is 10.3 Å². The Kier molecular flexibility index (Phi) is 5.47. The predicted molar refractivity (Wildman–Crippen MR) is 138 cm³/mol. The highest BCUT2D eigenvalue weighted by Gasteiger charge is 2.22. The van der Waals surface area contributed by atoms with Gasteiger partial charge in [-0.25, -0.2) is 9.67 Å². The molecule has 0 spiro atoms. The van der Waals surface area contributed by atoms with Gasteiger partial charge in [-0.1, -0.05) is 41.9 Å². The maximum Gasteiger partial charge on any atom is 0.295 e. The van der Waals surface area contributed by atoms with E-state index in [1.165, 1.54) is 16.0 Å². The number of amides is 1. The fourth-order valence-electron chi connectivity index (χ4n) is 3.83. The Morgan fingerprint density at radius 1 is 1.06 bits per heavy atom. The molecule has 9 heteroatoms. The van der Waals surface area contributed by atoms with Crippen molar-refractivity contribution in [1.29, 1.82) is 0 Å². The number of thiophene rings is 1. The van der Waals surface area contributed by atoms with Gasteiger partial charge in [0.1, 0.15) is 15.4 Å². The minimum absolute atomic E-state index is 0.211. The van der Waals surface area contributed by atoms with Crippen LogP contribution in [0.15, 0.2) is 71.5 Å². The molecule has 0 fully saturated rings. The molecule has 0 aliphatic carbocycles. The molecule has 3 N–H and O–H groups in total. The van der Waals surface area contributed by atoms with Gasteiger partial charge in [0.25, 0.3) is 11.5 Å². The Labute approximate surface area is 204 Å². The van der Waals surface area contributed by atoms with Crippen LogP contribution in [-0.2, 0) is 7.05 Å². The molecule has 0 aliphatic rings. The molecule has 5 aromatic rings. The Morgan fingerprint density at radius 3 is 2.47 bits per heavy atom. The van der Waals surface area contributed by atoms with E-state index >= 15 is 0 Å². The molecule has 3 aromatic heterocycles. The number of pyridine rings is 1. The maximum atomic E-state index is 13.2. The lowest BCUT2D eigenvalue weighted by molar-refractivity contribution is 0.103. The third-order valence-corrected chi connectivity index (χ3v) is 7.10. The summed E-state index contributed by atoms with van der Waals surface area (Å²) in [6.45, 7) is 1.78. The van der Waals surface area contributed by atoms with Crippen LogP contribution in [0.1, 0.15) is 15.4 Å². The number of nitrogen functional groups attached to an aromatic ring is 1. The molecule has 0 aliphatic heterocycles. The number of nitrogens with one attached hydrogen (secondary N) is 1. The van der Waals surface area contributed by atoms with E-state index in [4.69, 9.17) is 17.3 Å². The van der Waals surface area contributed by atoms with E-state index in [-0.39, 0.29) is 11.2 Å². The summed E-state index contributed by atoms with van der Waals surface area (Å²) in [5, 5.41) is 4.11. The van der Waals surface area contributed by atoms with Crippen molar-refractivity contribution in [2.75, 3.05) is 11.1 Å². The number of para-hydroxylation sites is 1. The zero-order valence-electron chi connectivity index (χ0n) is 18.4. The highest BCUT2D eigenvalue weighted by molar-refractivity contribution is 7.21. The summed E-state index contributed by atoms with van der Waals surface area (Å²) in [5.74, 6) is -0.445. The molecule has 0 saturated carbocycles. The standard InChI is InChI=1S/C25H20ClN5O2S/c1-14-21(25(33)31(30(14)2)17-6-4-3-5-7-17)29-23(32)22-20(27)18-12-13-19(28-24(18)34-22)15-8-10-16(26)11-9-15/h3-13H,27H2,1-2H3,(H,29,32). The van der Waals surface area contributed by atoms with Crippen LogP contribution in [0, 0.1) is 6.92 Å². The van der Waals surface area contributed by atoms with Crippen LogP contribution in [0.2, 0.25) is 5.02 Å². The molecule has 3 heterocycles. The van der Waals surface area contributed by atoms with Gasteiger partial charge < -0.3 is 11.1 Å². The third-order valence-electron chi connectivity index (χ3n) is 5.73. The maximum absolute atomic E-state index is 13.2. The van der Waals surface area contributed by atoms with Crippen LogP contribution in [0.25, 0.3) is 27.2 Å². The monoisotopic (exact) mass is 489 g/mol. The first-order valence-corrected chi connectivity index (χ1v) is 11.6. The van der Waals surface area contributed by atoms with Crippen molar-refractivity contribution in [3.05, 3.63) is 92.7 Å². The minimum atomic E-state index is -0.445. The summed E-state index contributed by atoms with van der Waals surface area (Å²) in [6.07, 6.45) is 0. The van der Waals surface area contributed by atoms with Crippen molar-refractivity contribution in [3.63, 3.8) is 0 Å². The van der Waals surface area contributed by atoms with Crippen LogP contribution in [0.3, 0.4) is 0 Å². The van der Waals surface area contributed by atoms with E-state index in [1.54, 1.807) is 30.8 Å². The SMILES string of the molecule is Cc1c(NC(=O)c2sc3nc(-c4ccc(Cl)cc4)ccc3c2N)c(=O)n(-c2ccccc2)n1C. The highest BCUT2D eigenvalue weighted by Crippen LogP contribution is 2.35. The van der Waals surface area contributed by atoms with Crippen LogP contribution in [-0.4, -0.2) is 20.3 Å². The molecule has 0 atom stereocenters. The molecule has 2 aromatic carbocycles. The normalized spacial score (nSPS) is 11.1. The van der Waals surface area contributed by atoms with Gasteiger partial charge in [0, 0.05) is 23.0 Å². The van der Waals surface area contributed by atoms with Crippen molar-refractivity contribution < 1.29 is 4.79 Å². The van der Waals surface area contributed by atoms with Crippen molar-refractivity contribution in [3.8, 4) is 16.9 Å². The minimum Gasteiger partial charge on any atom is -0.397 e. The second-order valence-corrected chi connectivity index (χ2v) is 9.23. The zero-order valence-corrected chi connectivity index (χ0v) is 19.9. The van der Waals surface area contributed by atoms with Crippen molar-refractivity contribution in [2.45, 2.75) is 6.92 Å². The lowest BCUT2D eigenvalue weighted by Crippen LogP contribution is -2.22. The van der Waals surface area contributed by atoms with Crippen LogP contribution >= 0.6 is 22.9 Å². The topological polar surface area (TPSA) is 94.9 Å². The summed E-state index contributed by atoms with van der Waals surface area (Å²) in [7, 11) is 1.77. The molecule has 0 unspecified atom stereocenters. The predicted octanol–water partition coefficient (Wildman–Crippen LogP) is 5.25. The molecule has 0 bridgehead atoms. The third kappa shape index (κ3) is 3.67. The molecule has 5 rings (SSSR count). The van der Waals surface area contributed by atoms with Crippen LogP contribution in [0.4, 0.5) is 11.4 Å². The lowest BCUT2D eigenvalue weighted by atomic mass is 10.1. The quantitative estimate of drug-likeness (QED) is 0.360. The second-order valence-electron chi connectivity index (χ2n) is 7.79. The van der Waals surface area contributed by atoms with Gasteiger partial charge in [-0.3, -0.25) is 14.3 Å². The number of carbonyl (C=O) groups is 1. The van der Waals surface area contributed by atoms with Crippen LogP contribution < -0.4 is 16.6 Å². The number of anilines is 2. The van der Waals surface area contributed by atoms with Gasteiger partial charge in [0.15, 0.2) is 0 Å². The first-order chi connectivity index (χ1) is 16.3. The fourth-order valence-corrected chi connectivity index (χ4v) is 4.94. The Bertz CT molecular complexity index is 1600. The number of rotatable bonds is 4. The van der Waals surface area contributed by atoms with E-state index in [1.807, 2.05) is 54.6 Å². The lowest BCUT2D eigenvalue weighted by Gasteiger charge is -2.07. The molecule has 170 valence electrons. The Hall–Kier alpha value is -3.88. The van der Waals surface area contributed by atoms with Gasteiger partial charge in [-0.05, 0) is 43.3 Å². The molecule has 0 radical (unpaired) electrons. The van der Waals surface area contributed by atoms with Crippen molar-refractivity contribution >= 4 is 50.4 Å². The number of fused-ring (bicyclic) bond motifs is 1. The molecular weight excluding hydrogens is 470 g/mol. The van der Waals surface area contributed by atoms with Crippen LogP contribution in [0.5, 0.6) is 0 Å². The summed E-state index contributed by atoms with van der Waals surface area (Å²) < 4.78 is 3.22. The number of halogens is 1. The van der Waals surface area contributed by atoms with E-state index < -0.39 is 5.91 Å². The van der Waals surface area contributed by atoms with Crippen molar-refractivity contribution in [1.82, 2.24) is 14.3 Å². The molecule has 34 heavy (non-hydrogen) atoms. The Morgan fingerprint density at radius 2 is 1.76 bits per heavy atom. The van der Waals surface area contributed by atoms with Gasteiger partial charge in [-0.2, -0.15) is 0 Å². The number of hydrogen-bond acceptors (Lipinski definition) is 5. The van der Waals surface area contributed by atoms with Gasteiger partial charge in [0.2, 0.25) is 0 Å². The van der Waals surface area contributed by atoms with Crippen molar-refractivity contribution in [2.24, 2.45) is 7.05 Å². The average molecular weight is 490 g/mol. The first kappa shape index (κ1) is 21.9. The number of nitrogens with zero attached hydrogens (tertiary/aromatic N) is 3. The molecule has 7 nitrogen and oxygen atoms in total. The largest absolute Gasteiger partial charge is 0.397 e. The Balaban J connectivity index is 1.50. The molecular formula is C25H20ClN5O2S. The van der Waals surface area contributed by atoms with E-state index in [0.717, 1.165) is 11.3 Å². The average Bonchev–Trinajstić information content (AvgIpc) is 3.28. The number of hydrogen-bond donors (Lipinski definition) is 2. The smallest absolute Gasteiger partial charge is 0.295 e. The van der Waals surface area contributed by atoms with E-state index in [9.17, 15) is 9.59 Å². The van der Waals surface area contributed by atoms with E-state index in [0.29, 0.717) is 37.2 Å². The number of aromatic nitrogens is 3. The summed E-state index contributed by atoms with van der Waals surface area (Å²) >= 11 is 7.18. The highest BCUT2D eigenvalue weighted by atomic mass is 35.5.